The number of sulfonamides is 1. The smallest absolute Gasteiger partial charge is 0.256 e. The van der Waals surface area contributed by atoms with Crippen LogP contribution in [0.25, 0.3) is 0 Å². The molecule has 9 heteroatoms. The number of rotatable bonds is 4. The molecule has 1 aromatic rings. The highest BCUT2D eigenvalue weighted by molar-refractivity contribution is 7.89. The molecule has 0 spiro atoms. The van der Waals surface area contributed by atoms with Crippen LogP contribution in [0.2, 0.25) is 0 Å². The Kier molecular flexibility index (Phi) is 6.79. The number of nitrogens with zero attached hydrogens (tertiary/aromatic N) is 1. The number of carbonyl (C=O) groups is 1. The van der Waals surface area contributed by atoms with E-state index in [4.69, 9.17) is 0 Å². The van der Waals surface area contributed by atoms with Gasteiger partial charge in [-0.1, -0.05) is 0 Å². The fourth-order valence-corrected chi connectivity index (χ4v) is 4.47. The van der Waals surface area contributed by atoms with E-state index in [1.807, 2.05) is 0 Å². The van der Waals surface area contributed by atoms with Gasteiger partial charge in [-0.2, -0.15) is 0 Å². The Labute approximate surface area is 153 Å². The Balaban J connectivity index is 0.00000225. The molecule has 0 aliphatic carbocycles. The Morgan fingerprint density at radius 1 is 1.20 bits per heavy atom. The molecule has 2 N–H and O–H groups in total. The fraction of sp³-hybridized carbons (Fsp3) is 0.562. The molecule has 0 radical (unpaired) electrons. The van der Waals surface area contributed by atoms with Crippen LogP contribution in [0.5, 0.6) is 0 Å². The van der Waals surface area contributed by atoms with Gasteiger partial charge in [-0.15, -0.1) is 12.4 Å². The van der Waals surface area contributed by atoms with Crippen LogP contribution in [0.15, 0.2) is 23.1 Å². The Morgan fingerprint density at radius 3 is 2.44 bits per heavy atom. The van der Waals surface area contributed by atoms with E-state index in [2.05, 4.69) is 10.0 Å². The first-order valence-corrected chi connectivity index (χ1v) is 9.77. The third-order valence-corrected chi connectivity index (χ3v) is 6.05. The van der Waals surface area contributed by atoms with E-state index in [1.54, 1.807) is 4.90 Å². The van der Waals surface area contributed by atoms with Crippen molar-refractivity contribution in [1.82, 2.24) is 14.9 Å². The standard InChI is InChI=1S/C16H22FN3O3S.ClH/c17-15-11-13(24(22,23)19-12-5-7-18-8-6-12)3-4-14(15)16(21)20-9-1-2-10-20;/h3-4,11-12,18-19H,1-2,5-10H2;1H. The van der Waals surface area contributed by atoms with Gasteiger partial charge in [0.05, 0.1) is 10.5 Å². The number of benzene rings is 1. The molecule has 2 heterocycles. The molecule has 0 atom stereocenters. The SMILES string of the molecule is Cl.O=C(c1ccc(S(=O)(=O)NC2CCNCC2)cc1F)N1CCCC1. The Morgan fingerprint density at radius 2 is 1.84 bits per heavy atom. The first-order chi connectivity index (χ1) is 11.5. The lowest BCUT2D eigenvalue weighted by Crippen LogP contribution is -2.42. The summed E-state index contributed by atoms with van der Waals surface area (Å²) in [6, 6.07) is 3.36. The molecule has 3 rings (SSSR count). The van der Waals surface area contributed by atoms with Gasteiger partial charge in [0.2, 0.25) is 10.0 Å². The maximum atomic E-state index is 14.3. The van der Waals surface area contributed by atoms with Crippen molar-refractivity contribution in [3.8, 4) is 0 Å². The molecule has 140 valence electrons. The van der Waals surface area contributed by atoms with Gasteiger partial charge < -0.3 is 10.2 Å². The second-order valence-electron chi connectivity index (χ2n) is 6.29. The molecular formula is C16H23ClFN3O3S. The van der Waals surface area contributed by atoms with Crippen molar-refractivity contribution in [3.05, 3.63) is 29.6 Å². The molecule has 1 aromatic carbocycles. The van der Waals surface area contributed by atoms with Crippen LogP contribution in [0, 0.1) is 5.82 Å². The van der Waals surface area contributed by atoms with Crippen LogP contribution in [0.4, 0.5) is 4.39 Å². The number of carbonyl (C=O) groups excluding carboxylic acids is 1. The summed E-state index contributed by atoms with van der Waals surface area (Å²) < 4.78 is 41.7. The van der Waals surface area contributed by atoms with Gasteiger partial charge in [0, 0.05) is 19.1 Å². The Bertz CT molecular complexity index is 717. The predicted octanol–water partition coefficient (Wildman–Crippen LogP) is 1.51. The Hall–Kier alpha value is -1.22. The van der Waals surface area contributed by atoms with E-state index in [1.165, 1.54) is 12.1 Å². The zero-order chi connectivity index (χ0) is 17.2. The predicted molar refractivity (Wildman–Crippen MR) is 95.0 cm³/mol. The molecule has 2 fully saturated rings. The van der Waals surface area contributed by atoms with E-state index in [9.17, 15) is 17.6 Å². The van der Waals surface area contributed by atoms with E-state index in [-0.39, 0.29) is 34.8 Å². The van der Waals surface area contributed by atoms with Crippen molar-refractivity contribution in [2.45, 2.75) is 36.6 Å². The molecular weight excluding hydrogens is 369 g/mol. The maximum absolute atomic E-state index is 14.3. The summed E-state index contributed by atoms with van der Waals surface area (Å²) in [6.45, 7) is 2.75. The highest BCUT2D eigenvalue weighted by atomic mass is 35.5. The van der Waals surface area contributed by atoms with E-state index in [0.717, 1.165) is 32.0 Å². The summed E-state index contributed by atoms with van der Waals surface area (Å²) in [4.78, 5) is 13.7. The van der Waals surface area contributed by atoms with Gasteiger partial charge in [0.1, 0.15) is 5.82 Å². The molecule has 2 aliphatic heterocycles. The summed E-state index contributed by atoms with van der Waals surface area (Å²) in [5.41, 5.74) is -0.0716. The maximum Gasteiger partial charge on any atom is 0.256 e. The quantitative estimate of drug-likeness (QED) is 0.815. The highest BCUT2D eigenvalue weighted by Crippen LogP contribution is 2.20. The molecule has 0 bridgehead atoms. The van der Waals surface area contributed by atoms with E-state index < -0.39 is 15.8 Å². The minimum atomic E-state index is -3.79. The van der Waals surface area contributed by atoms with Crippen LogP contribution < -0.4 is 10.0 Å². The lowest BCUT2D eigenvalue weighted by molar-refractivity contribution is 0.0788. The number of hydrogen-bond donors (Lipinski definition) is 2. The summed E-state index contributed by atoms with van der Waals surface area (Å²) in [5.74, 6) is -1.17. The van der Waals surface area contributed by atoms with E-state index in [0.29, 0.717) is 25.9 Å². The van der Waals surface area contributed by atoms with Gasteiger partial charge in [0.25, 0.3) is 5.91 Å². The lowest BCUT2D eigenvalue weighted by Gasteiger charge is -2.23. The van der Waals surface area contributed by atoms with Gasteiger partial charge in [0.15, 0.2) is 0 Å². The first kappa shape index (κ1) is 20.1. The monoisotopic (exact) mass is 391 g/mol. The third-order valence-electron chi connectivity index (χ3n) is 4.54. The second-order valence-corrected chi connectivity index (χ2v) is 8.00. The molecule has 0 saturated carbocycles. The van der Waals surface area contributed by atoms with Crippen LogP contribution in [-0.4, -0.2) is 51.4 Å². The fourth-order valence-electron chi connectivity index (χ4n) is 3.15. The largest absolute Gasteiger partial charge is 0.339 e. The molecule has 0 unspecified atom stereocenters. The second kappa shape index (κ2) is 8.44. The first-order valence-electron chi connectivity index (χ1n) is 8.29. The van der Waals surface area contributed by atoms with Gasteiger partial charge in [-0.25, -0.2) is 17.5 Å². The number of halogens is 2. The number of likely N-dealkylation sites (tertiary alicyclic amines) is 1. The average molecular weight is 392 g/mol. The summed E-state index contributed by atoms with van der Waals surface area (Å²) in [6.07, 6.45) is 3.24. The molecule has 2 aliphatic rings. The summed E-state index contributed by atoms with van der Waals surface area (Å²) in [7, 11) is -3.79. The lowest BCUT2D eigenvalue weighted by atomic mass is 10.1. The molecule has 1 amide bonds. The summed E-state index contributed by atoms with van der Waals surface area (Å²) >= 11 is 0. The third kappa shape index (κ3) is 4.69. The number of amides is 1. The zero-order valence-corrected chi connectivity index (χ0v) is 15.5. The molecule has 25 heavy (non-hydrogen) atoms. The average Bonchev–Trinajstić information content (AvgIpc) is 3.09. The number of nitrogens with one attached hydrogen (secondary N) is 2. The van der Waals surface area contributed by atoms with E-state index >= 15 is 0 Å². The normalized spacial score (nSPS) is 18.8. The minimum absolute atomic E-state index is 0. The number of hydrogen-bond acceptors (Lipinski definition) is 4. The van der Waals surface area contributed by atoms with Crippen molar-refractivity contribution in [1.29, 1.82) is 0 Å². The van der Waals surface area contributed by atoms with Crippen LogP contribution in [-0.2, 0) is 10.0 Å². The topological polar surface area (TPSA) is 78.5 Å². The van der Waals surface area contributed by atoms with Gasteiger partial charge in [-0.05, 0) is 57.0 Å². The van der Waals surface area contributed by atoms with Crippen LogP contribution >= 0.6 is 12.4 Å². The molecule has 0 aromatic heterocycles. The van der Waals surface area contributed by atoms with Crippen molar-refractivity contribution in [3.63, 3.8) is 0 Å². The van der Waals surface area contributed by atoms with Gasteiger partial charge in [-0.3, -0.25) is 4.79 Å². The van der Waals surface area contributed by atoms with Gasteiger partial charge >= 0.3 is 0 Å². The van der Waals surface area contributed by atoms with Crippen molar-refractivity contribution in [2.75, 3.05) is 26.2 Å². The molecule has 2 saturated heterocycles. The van der Waals surface area contributed by atoms with Crippen LogP contribution in [0.3, 0.4) is 0 Å². The van der Waals surface area contributed by atoms with Crippen molar-refractivity contribution in [2.24, 2.45) is 0 Å². The molecule has 6 nitrogen and oxygen atoms in total. The zero-order valence-electron chi connectivity index (χ0n) is 13.8. The van der Waals surface area contributed by atoms with Crippen LogP contribution in [0.1, 0.15) is 36.0 Å². The van der Waals surface area contributed by atoms with Crippen molar-refractivity contribution < 1.29 is 17.6 Å². The minimum Gasteiger partial charge on any atom is -0.339 e. The highest BCUT2D eigenvalue weighted by Gasteiger charge is 2.26. The van der Waals surface area contributed by atoms with Crippen molar-refractivity contribution >= 4 is 28.3 Å². The summed E-state index contributed by atoms with van der Waals surface area (Å²) in [5, 5.41) is 3.16. The number of piperidine rings is 1.